The normalized spacial score (nSPS) is 27.7. The molecule has 0 radical (unpaired) electrons. The van der Waals surface area contributed by atoms with Crippen molar-refractivity contribution in [1.82, 2.24) is 10.2 Å². The fourth-order valence-electron chi connectivity index (χ4n) is 2.77. The van der Waals surface area contributed by atoms with E-state index >= 15 is 0 Å². The van der Waals surface area contributed by atoms with Crippen molar-refractivity contribution in [2.24, 2.45) is 0 Å². The van der Waals surface area contributed by atoms with Crippen LogP contribution in [0.1, 0.15) is 46.0 Å². The molecule has 4 heteroatoms. The molecule has 1 rings (SSSR count). The summed E-state index contributed by atoms with van der Waals surface area (Å²) in [5.41, 5.74) is -0.457. The van der Waals surface area contributed by atoms with Crippen LogP contribution in [0.2, 0.25) is 0 Å². The van der Waals surface area contributed by atoms with Crippen LogP contribution in [-0.2, 0) is 9.53 Å². The first-order chi connectivity index (χ1) is 8.59. The number of hydrogen-bond donors (Lipinski definition) is 1. The van der Waals surface area contributed by atoms with Crippen molar-refractivity contribution in [3.05, 3.63) is 0 Å². The summed E-state index contributed by atoms with van der Waals surface area (Å²) >= 11 is 0. The molecule has 0 aromatic rings. The van der Waals surface area contributed by atoms with Gasteiger partial charge in [-0.25, -0.2) is 0 Å². The Morgan fingerprint density at radius 1 is 1.50 bits per heavy atom. The number of likely N-dealkylation sites (N-methyl/N-ethyl adjacent to an activating group) is 1. The lowest BCUT2D eigenvalue weighted by Gasteiger charge is -2.29. The lowest BCUT2D eigenvalue weighted by Crippen LogP contribution is -2.50. The molecule has 0 saturated heterocycles. The van der Waals surface area contributed by atoms with Gasteiger partial charge in [-0.1, -0.05) is 13.3 Å². The molecular formula is C14H28N2O2. The van der Waals surface area contributed by atoms with E-state index in [2.05, 4.69) is 24.2 Å². The predicted octanol–water partition coefficient (Wildman–Crippen LogP) is 1.79. The molecular weight excluding hydrogens is 228 g/mol. The number of esters is 1. The second kappa shape index (κ2) is 7.10. The smallest absolute Gasteiger partial charge is 0.326 e. The number of hydrogen-bond acceptors (Lipinski definition) is 4. The first-order valence-electron chi connectivity index (χ1n) is 7.16. The summed E-state index contributed by atoms with van der Waals surface area (Å²) in [6.07, 6.45) is 5.25. The maximum absolute atomic E-state index is 12.1. The first-order valence-corrected chi connectivity index (χ1v) is 7.16. The third kappa shape index (κ3) is 3.45. The van der Waals surface area contributed by atoms with Crippen LogP contribution in [0.5, 0.6) is 0 Å². The highest BCUT2D eigenvalue weighted by Crippen LogP contribution is 2.33. The largest absolute Gasteiger partial charge is 0.465 e. The van der Waals surface area contributed by atoms with E-state index in [9.17, 15) is 4.79 Å². The molecule has 0 spiro atoms. The third-order valence-electron chi connectivity index (χ3n) is 4.12. The van der Waals surface area contributed by atoms with Gasteiger partial charge in [-0.2, -0.15) is 0 Å². The summed E-state index contributed by atoms with van der Waals surface area (Å²) in [5, 5.41) is 3.20. The molecule has 106 valence electrons. The van der Waals surface area contributed by atoms with Gasteiger partial charge in [0.05, 0.1) is 6.61 Å². The Kier molecular flexibility index (Phi) is 6.09. The van der Waals surface area contributed by atoms with Crippen LogP contribution in [0.4, 0.5) is 0 Å². The minimum absolute atomic E-state index is 0.0844. The van der Waals surface area contributed by atoms with Crippen LogP contribution in [-0.4, -0.2) is 49.7 Å². The summed E-state index contributed by atoms with van der Waals surface area (Å²) < 4.78 is 5.21. The number of unbranched alkanes of at least 4 members (excludes halogenated alkanes) is 1. The molecule has 1 fully saturated rings. The Balaban J connectivity index is 2.58. The van der Waals surface area contributed by atoms with Crippen molar-refractivity contribution in [1.29, 1.82) is 0 Å². The average Bonchev–Trinajstić information content (AvgIpc) is 2.82. The van der Waals surface area contributed by atoms with Crippen molar-refractivity contribution in [2.45, 2.75) is 57.5 Å². The molecule has 2 unspecified atom stereocenters. The van der Waals surface area contributed by atoms with Gasteiger partial charge in [0.15, 0.2) is 0 Å². The first kappa shape index (κ1) is 15.4. The van der Waals surface area contributed by atoms with Crippen molar-refractivity contribution in [2.75, 3.05) is 27.2 Å². The van der Waals surface area contributed by atoms with E-state index in [0.29, 0.717) is 12.6 Å². The van der Waals surface area contributed by atoms with Crippen LogP contribution >= 0.6 is 0 Å². The topological polar surface area (TPSA) is 41.6 Å². The van der Waals surface area contributed by atoms with Crippen LogP contribution in [0.15, 0.2) is 0 Å². The Morgan fingerprint density at radius 3 is 2.78 bits per heavy atom. The molecule has 0 aromatic heterocycles. The Labute approximate surface area is 111 Å². The highest BCUT2D eigenvalue weighted by atomic mass is 16.5. The lowest BCUT2D eigenvalue weighted by atomic mass is 9.97. The minimum Gasteiger partial charge on any atom is -0.465 e. The molecule has 2 atom stereocenters. The number of nitrogens with one attached hydrogen (secondary N) is 1. The van der Waals surface area contributed by atoms with Crippen molar-refractivity contribution < 1.29 is 9.53 Å². The molecule has 1 aliphatic carbocycles. The molecule has 0 heterocycles. The van der Waals surface area contributed by atoms with E-state index in [0.717, 1.165) is 25.8 Å². The summed E-state index contributed by atoms with van der Waals surface area (Å²) in [6, 6.07) is 0.494. The predicted molar refractivity (Wildman–Crippen MR) is 73.6 cm³/mol. The molecule has 0 amide bonds. The van der Waals surface area contributed by atoms with Gasteiger partial charge in [0, 0.05) is 6.04 Å². The Hall–Kier alpha value is -0.610. The van der Waals surface area contributed by atoms with E-state index in [1.165, 1.54) is 12.8 Å². The molecule has 0 aliphatic heterocycles. The third-order valence-corrected chi connectivity index (χ3v) is 4.12. The van der Waals surface area contributed by atoms with Crippen LogP contribution < -0.4 is 5.32 Å². The minimum atomic E-state index is -0.457. The number of rotatable bonds is 7. The van der Waals surface area contributed by atoms with E-state index < -0.39 is 5.54 Å². The summed E-state index contributed by atoms with van der Waals surface area (Å²) in [6.45, 7) is 5.64. The molecule has 18 heavy (non-hydrogen) atoms. The Bertz CT molecular complexity index is 271. The van der Waals surface area contributed by atoms with Crippen LogP contribution in [0, 0.1) is 0 Å². The zero-order valence-electron chi connectivity index (χ0n) is 12.3. The highest BCUT2D eigenvalue weighted by molar-refractivity contribution is 5.81. The van der Waals surface area contributed by atoms with E-state index in [1.807, 2.05) is 14.0 Å². The monoisotopic (exact) mass is 256 g/mol. The van der Waals surface area contributed by atoms with Crippen LogP contribution in [0.25, 0.3) is 0 Å². The standard InChI is InChI=1S/C14H28N2O2/c1-5-7-10-16(4)12-8-9-14(11-12,15-3)13(17)18-6-2/h12,15H,5-11H2,1-4H3. The lowest BCUT2D eigenvalue weighted by molar-refractivity contribution is -0.151. The van der Waals surface area contributed by atoms with Crippen molar-refractivity contribution >= 4 is 5.97 Å². The SMILES string of the molecule is CCCCN(C)C1CCC(NC)(C(=O)OCC)C1. The maximum atomic E-state index is 12.1. The number of carbonyl (C=O) groups is 1. The summed E-state index contributed by atoms with van der Waals surface area (Å²) in [4.78, 5) is 14.5. The fraction of sp³-hybridized carbons (Fsp3) is 0.929. The van der Waals surface area contributed by atoms with Gasteiger partial charge >= 0.3 is 5.97 Å². The van der Waals surface area contributed by atoms with Gasteiger partial charge < -0.3 is 15.0 Å². The summed E-state index contributed by atoms with van der Waals surface area (Å²) in [5.74, 6) is -0.0844. The van der Waals surface area contributed by atoms with Gasteiger partial charge in [-0.05, 0) is 53.2 Å². The molecule has 1 N–H and O–H groups in total. The van der Waals surface area contributed by atoms with Crippen molar-refractivity contribution in [3.8, 4) is 0 Å². The van der Waals surface area contributed by atoms with Gasteiger partial charge in [0.2, 0.25) is 0 Å². The van der Waals surface area contributed by atoms with Gasteiger partial charge in [-0.3, -0.25) is 4.79 Å². The molecule has 0 bridgehead atoms. The van der Waals surface area contributed by atoms with Crippen molar-refractivity contribution in [3.63, 3.8) is 0 Å². The number of nitrogens with zero attached hydrogens (tertiary/aromatic N) is 1. The van der Waals surface area contributed by atoms with Gasteiger partial charge in [0.25, 0.3) is 0 Å². The fourth-order valence-corrected chi connectivity index (χ4v) is 2.77. The number of carbonyl (C=O) groups excluding carboxylic acids is 1. The molecule has 1 saturated carbocycles. The van der Waals surface area contributed by atoms with E-state index in [4.69, 9.17) is 4.74 Å². The number of ether oxygens (including phenoxy) is 1. The second-order valence-corrected chi connectivity index (χ2v) is 5.28. The summed E-state index contributed by atoms with van der Waals surface area (Å²) in [7, 11) is 4.03. The highest BCUT2D eigenvalue weighted by Gasteiger charge is 2.46. The molecule has 4 nitrogen and oxygen atoms in total. The molecule has 1 aliphatic rings. The van der Waals surface area contributed by atoms with Gasteiger partial charge in [0.1, 0.15) is 5.54 Å². The quantitative estimate of drug-likeness (QED) is 0.705. The van der Waals surface area contributed by atoms with E-state index in [1.54, 1.807) is 0 Å². The second-order valence-electron chi connectivity index (χ2n) is 5.28. The molecule has 0 aromatic carbocycles. The Morgan fingerprint density at radius 2 is 2.22 bits per heavy atom. The zero-order chi connectivity index (χ0) is 13.6. The maximum Gasteiger partial charge on any atom is 0.326 e. The average molecular weight is 256 g/mol. The van der Waals surface area contributed by atoms with Gasteiger partial charge in [-0.15, -0.1) is 0 Å². The van der Waals surface area contributed by atoms with E-state index in [-0.39, 0.29) is 5.97 Å². The van der Waals surface area contributed by atoms with Crippen LogP contribution in [0.3, 0.4) is 0 Å². The zero-order valence-corrected chi connectivity index (χ0v) is 12.3.